The average Bonchev–Trinajstić information content (AvgIpc) is 3.03. The highest BCUT2D eigenvalue weighted by molar-refractivity contribution is 7.89. The van der Waals surface area contributed by atoms with Crippen LogP contribution in [0.3, 0.4) is 0 Å². The molecule has 0 aliphatic carbocycles. The molecule has 1 heterocycles. The van der Waals surface area contributed by atoms with Crippen LogP contribution < -0.4 is 4.72 Å². The Kier molecular flexibility index (Phi) is 5.90. The zero-order valence-corrected chi connectivity index (χ0v) is 16.9. The summed E-state index contributed by atoms with van der Waals surface area (Å²) < 4.78 is 40.9. The third-order valence-corrected chi connectivity index (χ3v) is 6.14. The van der Waals surface area contributed by atoms with E-state index in [0.29, 0.717) is 29.4 Å². The van der Waals surface area contributed by atoms with Gasteiger partial charge in [-0.2, -0.15) is 5.10 Å². The van der Waals surface area contributed by atoms with Gasteiger partial charge in [0.25, 0.3) is 0 Å². The topological polar surface area (TPSA) is 87.7 Å². The highest BCUT2D eigenvalue weighted by Crippen LogP contribution is 2.21. The number of H-pyrrole nitrogens is 1. The first-order chi connectivity index (χ1) is 13.2. The maximum absolute atomic E-state index is 13.0. The van der Waals surface area contributed by atoms with Crippen molar-refractivity contribution in [2.24, 2.45) is 0 Å². The summed E-state index contributed by atoms with van der Waals surface area (Å²) in [6.07, 6.45) is 0.865. The second-order valence-corrected chi connectivity index (χ2v) is 8.58. The van der Waals surface area contributed by atoms with Crippen molar-refractivity contribution in [1.82, 2.24) is 19.9 Å². The number of aromatic nitrogens is 3. The first-order valence-electron chi connectivity index (χ1n) is 8.97. The maximum atomic E-state index is 13.0. The van der Waals surface area contributed by atoms with Crippen molar-refractivity contribution in [2.75, 3.05) is 6.54 Å². The monoisotopic (exact) mass is 402 g/mol. The van der Waals surface area contributed by atoms with Gasteiger partial charge in [-0.15, -0.1) is 0 Å². The van der Waals surface area contributed by atoms with E-state index in [1.54, 1.807) is 26.0 Å². The van der Waals surface area contributed by atoms with Crippen molar-refractivity contribution in [3.05, 3.63) is 76.1 Å². The van der Waals surface area contributed by atoms with E-state index in [0.717, 1.165) is 22.3 Å². The fourth-order valence-electron chi connectivity index (χ4n) is 3.28. The molecule has 3 aromatic rings. The van der Waals surface area contributed by atoms with E-state index in [2.05, 4.69) is 19.9 Å². The lowest BCUT2D eigenvalue weighted by Gasteiger charge is -2.12. The molecule has 0 unspecified atom stereocenters. The molecule has 0 atom stereocenters. The van der Waals surface area contributed by atoms with Gasteiger partial charge in [0, 0.05) is 19.4 Å². The summed E-state index contributed by atoms with van der Waals surface area (Å²) in [5, 5.41) is 6.96. The van der Waals surface area contributed by atoms with Crippen LogP contribution in [0.4, 0.5) is 4.39 Å². The Hall–Kier alpha value is -2.58. The molecule has 0 aliphatic heterocycles. The zero-order chi connectivity index (χ0) is 20.3. The molecule has 0 saturated carbocycles. The number of rotatable bonds is 7. The van der Waals surface area contributed by atoms with Crippen molar-refractivity contribution in [2.45, 2.75) is 38.5 Å². The molecule has 0 spiro atoms. The Morgan fingerprint density at radius 2 is 1.71 bits per heavy atom. The SMILES string of the molecule is Cc1cc(C)c(S(=O)(=O)NCCc2n[nH]c(Cc3ccc(F)cc3)n2)c(C)c1. The second-order valence-electron chi connectivity index (χ2n) is 6.88. The third-order valence-electron chi connectivity index (χ3n) is 4.38. The highest BCUT2D eigenvalue weighted by atomic mass is 32.2. The molecular weight excluding hydrogens is 379 g/mol. The summed E-state index contributed by atoms with van der Waals surface area (Å²) in [6.45, 7) is 5.73. The van der Waals surface area contributed by atoms with E-state index in [9.17, 15) is 12.8 Å². The Morgan fingerprint density at radius 1 is 1.07 bits per heavy atom. The Balaban J connectivity index is 1.61. The molecule has 2 aromatic carbocycles. The normalized spacial score (nSPS) is 11.7. The zero-order valence-electron chi connectivity index (χ0n) is 16.1. The van der Waals surface area contributed by atoms with Crippen LogP contribution in [0.1, 0.15) is 33.9 Å². The molecule has 0 fully saturated rings. The predicted molar refractivity (Wildman–Crippen MR) is 105 cm³/mol. The molecule has 2 N–H and O–H groups in total. The Morgan fingerprint density at radius 3 is 2.36 bits per heavy atom. The van der Waals surface area contributed by atoms with E-state index in [4.69, 9.17) is 0 Å². The van der Waals surface area contributed by atoms with Crippen molar-refractivity contribution in [3.63, 3.8) is 0 Å². The van der Waals surface area contributed by atoms with Crippen molar-refractivity contribution in [3.8, 4) is 0 Å². The van der Waals surface area contributed by atoms with E-state index >= 15 is 0 Å². The van der Waals surface area contributed by atoms with E-state index in [-0.39, 0.29) is 12.4 Å². The quantitative estimate of drug-likeness (QED) is 0.636. The average molecular weight is 402 g/mol. The molecular formula is C20H23FN4O2S. The number of sulfonamides is 1. The van der Waals surface area contributed by atoms with Gasteiger partial charge in [-0.3, -0.25) is 5.10 Å². The number of nitrogens with one attached hydrogen (secondary N) is 2. The van der Waals surface area contributed by atoms with Crippen LogP contribution in [0, 0.1) is 26.6 Å². The summed E-state index contributed by atoms with van der Waals surface area (Å²) in [6, 6.07) is 9.90. The van der Waals surface area contributed by atoms with Gasteiger partial charge < -0.3 is 0 Å². The number of aryl methyl sites for hydroxylation is 3. The van der Waals surface area contributed by atoms with Gasteiger partial charge in [-0.25, -0.2) is 22.5 Å². The molecule has 0 aliphatic rings. The molecule has 0 saturated heterocycles. The number of nitrogens with zero attached hydrogens (tertiary/aromatic N) is 2. The minimum absolute atomic E-state index is 0.197. The molecule has 6 nitrogen and oxygen atoms in total. The Bertz CT molecular complexity index is 1050. The summed E-state index contributed by atoms with van der Waals surface area (Å²) in [7, 11) is -3.61. The van der Waals surface area contributed by atoms with Crippen molar-refractivity contribution < 1.29 is 12.8 Å². The number of hydrogen-bond donors (Lipinski definition) is 2. The van der Waals surface area contributed by atoms with Gasteiger partial charge in [0.1, 0.15) is 11.6 Å². The molecule has 1 aromatic heterocycles. The van der Waals surface area contributed by atoms with Crippen LogP contribution in [-0.2, 0) is 22.9 Å². The van der Waals surface area contributed by atoms with E-state index in [1.807, 2.05) is 19.1 Å². The van der Waals surface area contributed by atoms with Crippen LogP contribution in [0.15, 0.2) is 41.3 Å². The lowest BCUT2D eigenvalue weighted by molar-refractivity contribution is 0.579. The maximum Gasteiger partial charge on any atom is 0.241 e. The molecule has 0 radical (unpaired) electrons. The lowest BCUT2D eigenvalue weighted by atomic mass is 10.1. The van der Waals surface area contributed by atoms with Gasteiger partial charge in [0.05, 0.1) is 4.90 Å². The highest BCUT2D eigenvalue weighted by Gasteiger charge is 2.19. The van der Waals surface area contributed by atoms with Crippen LogP contribution in [-0.4, -0.2) is 30.1 Å². The number of halogens is 1. The van der Waals surface area contributed by atoms with Crippen LogP contribution in [0.2, 0.25) is 0 Å². The van der Waals surface area contributed by atoms with Crippen molar-refractivity contribution >= 4 is 10.0 Å². The molecule has 0 amide bonds. The Labute approximate surface area is 164 Å². The summed E-state index contributed by atoms with van der Waals surface area (Å²) in [5.74, 6) is 0.889. The second kappa shape index (κ2) is 8.20. The van der Waals surface area contributed by atoms with Crippen LogP contribution in [0.25, 0.3) is 0 Å². The van der Waals surface area contributed by atoms with Gasteiger partial charge in [0.15, 0.2) is 5.82 Å². The van der Waals surface area contributed by atoms with Crippen LogP contribution >= 0.6 is 0 Å². The van der Waals surface area contributed by atoms with Crippen LogP contribution in [0.5, 0.6) is 0 Å². The number of hydrogen-bond acceptors (Lipinski definition) is 4. The summed E-state index contributed by atoms with van der Waals surface area (Å²) in [4.78, 5) is 4.70. The minimum Gasteiger partial charge on any atom is -0.263 e. The fraction of sp³-hybridized carbons (Fsp3) is 0.300. The summed E-state index contributed by atoms with van der Waals surface area (Å²) in [5.41, 5.74) is 3.40. The van der Waals surface area contributed by atoms with Gasteiger partial charge in [-0.05, 0) is 49.6 Å². The fourth-order valence-corrected chi connectivity index (χ4v) is 4.76. The van der Waals surface area contributed by atoms with Crippen molar-refractivity contribution in [1.29, 1.82) is 0 Å². The first-order valence-corrected chi connectivity index (χ1v) is 10.4. The summed E-state index contributed by atoms with van der Waals surface area (Å²) >= 11 is 0. The first kappa shape index (κ1) is 20.2. The lowest BCUT2D eigenvalue weighted by Crippen LogP contribution is -2.27. The van der Waals surface area contributed by atoms with Gasteiger partial charge in [-0.1, -0.05) is 29.8 Å². The molecule has 28 heavy (non-hydrogen) atoms. The minimum atomic E-state index is -3.61. The molecule has 8 heteroatoms. The number of aromatic amines is 1. The molecule has 0 bridgehead atoms. The third kappa shape index (κ3) is 4.82. The predicted octanol–water partition coefficient (Wildman–Crippen LogP) is 2.98. The smallest absolute Gasteiger partial charge is 0.241 e. The molecule has 3 rings (SSSR count). The van der Waals surface area contributed by atoms with E-state index in [1.165, 1.54) is 12.1 Å². The van der Waals surface area contributed by atoms with Gasteiger partial charge in [0.2, 0.25) is 10.0 Å². The largest absolute Gasteiger partial charge is 0.263 e. The van der Waals surface area contributed by atoms with Gasteiger partial charge >= 0.3 is 0 Å². The standard InChI is InChI=1S/C20H23FN4O2S/c1-13-10-14(2)20(15(3)11-13)28(26,27)22-9-8-18-23-19(25-24-18)12-16-4-6-17(21)7-5-16/h4-7,10-11,22H,8-9,12H2,1-3H3,(H,23,24,25). The van der Waals surface area contributed by atoms with E-state index < -0.39 is 10.0 Å². The number of benzene rings is 2. The molecule has 148 valence electrons.